The number of rotatable bonds is 6. The van der Waals surface area contributed by atoms with E-state index in [4.69, 9.17) is 0 Å². The summed E-state index contributed by atoms with van der Waals surface area (Å²) >= 11 is 0. The van der Waals surface area contributed by atoms with Gasteiger partial charge in [-0.2, -0.15) is 0 Å². The SMILES string of the molecule is Cc1ccccc1-c1ccc2c(c1)CN(C(C)C)[C@@H]2CCc1cnccc1C(=O)O. The molecule has 2 heterocycles. The minimum absolute atomic E-state index is 0.285. The molecule has 0 radical (unpaired) electrons. The van der Waals surface area contributed by atoms with Crippen molar-refractivity contribution in [3.8, 4) is 11.1 Å². The molecule has 3 aromatic rings. The number of benzene rings is 2. The standard InChI is InChI=1S/C26H28N2O2/c1-17(2)28-16-21-14-19(22-7-5-4-6-18(22)3)8-10-23(21)25(28)11-9-20-15-27-13-12-24(20)26(29)30/h4-8,10,12-15,17,25H,9,11,16H2,1-3H3,(H,29,30)/t25-/m1/s1. The fourth-order valence-electron chi connectivity index (χ4n) is 4.61. The highest BCUT2D eigenvalue weighted by atomic mass is 16.4. The third-order valence-electron chi connectivity index (χ3n) is 6.20. The summed E-state index contributed by atoms with van der Waals surface area (Å²) in [6.07, 6.45) is 4.81. The molecule has 2 aromatic carbocycles. The van der Waals surface area contributed by atoms with E-state index in [9.17, 15) is 9.90 Å². The second kappa shape index (κ2) is 8.41. The first-order valence-corrected chi connectivity index (χ1v) is 10.6. The number of pyridine rings is 1. The summed E-state index contributed by atoms with van der Waals surface area (Å²) in [6, 6.07) is 17.6. The maximum absolute atomic E-state index is 11.6. The van der Waals surface area contributed by atoms with Crippen LogP contribution >= 0.6 is 0 Å². The van der Waals surface area contributed by atoms with Gasteiger partial charge in [0.15, 0.2) is 0 Å². The Morgan fingerprint density at radius 3 is 2.73 bits per heavy atom. The van der Waals surface area contributed by atoms with E-state index in [1.165, 1.54) is 27.8 Å². The normalized spacial score (nSPS) is 16.1. The molecule has 1 aliphatic heterocycles. The molecular formula is C26H28N2O2. The highest BCUT2D eigenvalue weighted by Crippen LogP contribution is 2.40. The Hall–Kier alpha value is -2.98. The Kier molecular flexibility index (Phi) is 5.69. The predicted octanol–water partition coefficient (Wildman–Crippen LogP) is 5.65. The first-order chi connectivity index (χ1) is 14.5. The van der Waals surface area contributed by atoms with E-state index in [0.717, 1.165) is 18.5 Å². The van der Waals surface area contributed by atoms with Gasteiger partial charge in [-0.3, -0.25) is 9.88 Å². The third-order valence-corrected chi connectivity index (χ3v) is 6.20. The van der Waals surface area contributed by atoms with Crippen LogP contribution in [0.25, 0.3) is 11.1 Å². The van der Waals surface area contributed by atoms with Crippen molar-refractivity contribution in [2.75, 3.05) is 0 Å². The van der Waals surface area contributed by atoms with E-state index in [1.54, 1.807) is 18.5 Å². The van der Waals surface area contributed by atoms with E-state index in [-0.39, 0.29) is 6.04 Å². The van der Waals surface area contributed by atoms with Crippen molar-refractivity contribution >= 4 is 5.97 Å². The lowest BCUT2D eigenvalue weighted by atomic mass is 9.93. The van der Waals surface area contributed by atoms with E-state index in [0.29, 0.717) is 18.0 Å². The van der Waals surface area contributed by atoms with Crippen molar-refractivity contribution in [1.82, 2.24) is 9.88 Å². The summed E-state index contributed by atoms with van der Waals surface area (Å²) in [5.41, 5.74) is 7.72. The molecule has 0 amide bonds. The van der Waals surface area contributed by atoms with Crippen LogP contribution in [0.15, 0.2) is 60.9 Å². The summed E-state index contributed by atoms with van der Waals surface area (Å²) in [7, 11) is 0. The number of carbonyl (C=O) groups is 1. The number of fused-ring (bicyclic) bond motifs is 1. The van der Waals surface area contributed by atoms with Gasteiger partial charge in [0.25, 0.3) is 0 Å². The number of carboxylic acids is 1. The summed E-state index contributed by atoms with van der Waals surface area (Å²) in [5.74, 6) is -0.886. The molecule has 0 unspecified atom stereocenters. The lowest BCUT2D eigenvalue weighted by molar-refractivity contribution is 0.0695. The molecule has 0 fully saturated rings. The number of aromatic carboxylic acids is 1. The molecule has 0 spiro atoms. The molecule has 1 aromatic heterocycles. The summed E-state index contributed by atoms with van der Waals surface area (Å²) in [4.78, 5) is 18.2. The molecule has 1 atom stereocenters. The lowest BCUT2D eigenvalue weighted by Crippen LogP contribution is -2.29. The second-order valence-corrected chi connectivity index (χ2v) is 8.39. The quantitative estimate of drug-likeness (QED) is 0.581. The van der Waals surface area contributed by atoms with Gasteiger partial charge >= 0.3 is 5.97 Å². The van der Waals surface area contributed by atoms with Crippen LogP contribution in [0, 0.1) is 6.92 Å². The van der Waals surface area contributed by atoms with Crippen LogP contribution in [0.3, 0.4) is 0 Å². The van der Waals surface area contributed by atoms with Crippen LogP contribution in [0.5, 0.6) is 0 Å². The molecule has 1 N–H and O–H groups in total. The average molecular weight is 401 g/mol. The molecule has 0 saturated carbocycles. The Morgan fingerprint density at radius 1 is 1.20 bits per heavy atom. The molecule has 0 saturated heterocycles. The number of carboxylic acid groups (broad SMARTS) is 1. The zero-order valence-corrected chi connectivity index (χ0v) is 17.8. The summed E-state index contributed by atoms with van der Waals surface area (Å²) in [6.45, 7) is 7.54. The molecule has 4 heteroatoms. The van der Waals surface area contributed by atoms with Gasteiger partial charge in [-0.05, 0) is 79.1 Å². The molecule has 1 aliphatic rings. The van der Waals surface area contributed by atoms with Gasteiger partial charge < -0.3 is 5.11 Å². The number of hydrogen-bond donors (Lipinski definition) is 1. The largest absolute Gasteiger partial charge is 0.478 e. The highest BCUT2D eigenvalue weighted by Gasteiger charge is 2.32. The molecular weight excluding hydrogens is 372 g/mol. The van der Waals surface area contributed by atoms with Crippen molar-refractivity contribution in [3.05, 3.63) is 88.7 Å². The molecule has 154 valence electrons. The summed E-state index contributed by atoms with van der Waals surface area (Å²) in [5, 5.41) is 9.48. The minimum atomic E-state index is -0.886. The molecule has 4 rings (SSSR count). The monoisotopic (exact) mass is 400 g/mol. The van der Waals surface area contributed by atoms with Gasteiger partial charge in [0.1, 0.15) is 0 Å². The van der Waals surface area contributed by atoms with Gasteiger partial charge in [-0.1, -0.05) is 36.4 Å². The van der Waals surface area contributed by atoms with Gasteiger partial charge in [0.2, 0.25) is 0 Å². The van der Waals surface area contributed by atoms with Crippen LogP contribution in [0.1, 0.15) is 58.9 Å². The Labute approximate surface area is 178 Å². The predicted molar refractivity (Wildman–Crippen MR) is 120 cm³/mol. The Bertz CT molecular complexity index is 1070. The van der Waals surface area contributed by atoms with Gasteiger partial charge in [0.05, 0.1) is 5.56 Å². The fraction of sp³-hybridized carbons (Fsp3) is 0.308. The van der Waals surface area contributed by atoms with Crippen LogP contribution in [0.4, 0.5) is 0 Å². The smallest absolute Gasteiger partial charge is 0.336 e. The van der Waals surface area contributed by atoms with Crippen LogP contribution in [0.2, 0.25) is 0 Å². The zero-order valence-electron chi connectivity index (χ0n) is 17.8. The third kappa shape index (κ3) is 3.88. The average Bonchev–Trinajstić information content (AvgIpc) is 3.11. The van der Waals surface area contributed by atoms with E-state index in [1.807, 2.05) is 0 Å². The molecule has 0 aliphatic carbocycles. The Balaban J connectivity index is 1.63. The topological polar surface area (TPSA) is 53.4 Å². The Morgan fingerprint density at radius 2 is 2.00 bits per heavy atom. The maximum atomic E-state index is 11.6. The first-order valence-electron chi connectivity index (χ1n) is 10.6. The van der Waals surface area contributed by atoms with Crippen molar-refractivity contribution in [2.45, 2.75) is 52.2 Å². The van der Waals surface area contributed by atoms with E-state index in [2.05, 4.69) is 73.1 Å². The number of aromatic nitrogens is 1. The van der Waals surface area contributed by atoms with Crippen molar-refractivity contribution < 1.29 is 9.90 Å². The molecule has 30 heavy (non-hydrogen) atoms. The van der Waals surface area contributed by atoms with Crippen molar-refractivity contribution in [3.63, 3.8) is 0 Å². The minimum Gasteiger partial charge on any atom is -0.478 e. The fourth-order valence-corrected chi connectivity index (χ4v) is 4.61. The van der Waals surface area contributed by atoms with Crippen LogP contribution in [-0.2, 0) is 13.0 Å². The van der Waals surface area contributed by atoms with E-state index >= 15 is 0 Å². The van der Waals surface area contributed by atoms with Crippen molar-refractivity contribution in [2.24, 2.45) is 0 Å². The van der Waals surface area contributed by atoms with Gasteiger partial charge in [0, 0.05) is 31.0 Å². The molecule has 4 nitrogen and oxygen atoms in total. The zero-order chi connectivity index (χ0) is 21.3. The van der Waals surface area contributed by atoms with Gasteiger partial charge in [-0.25, -0.2) is 4.79 Å². The van der Waals surface area contributed by atoms with Crippen LogP contribution < -0.4 is 0 Å². The first kappa shape index (κ1) is 20.3. The lowest BCUT2D eigenvalue weighted by Gasteiger charge is -2.29. The molecule has 0 bridgehead atoms. The van der Waals surface area contributed by atoms with Crippen molar-refractivity contribution in [1.29, 1.82) is 0 Å². The second-order valence-electron chi connectivity index (χ2n) is 8.39. The maximum Gasteiger partial charge on any atom is 0.336 e. The van der Waals surface area contributed by atoms with E-state index < -0.39 is 5.97 Å². The number of hydrogen-bond acceptors (Lipinski definition) is 3. The number of aryl methyl sites for hydroxylation is 2. The van der Waals surface area contributed by atoms with Gasteiger partial charge in [-0.15, -0.1) is 0 Å². The number of nitrogens with zero attached hydrogens (tertiary/aromatic N) is 2. The highest BCUT2D eigenvalue weighted by molar-refractivity contribution is 5.89. The summed E-state index contributed by atoms with van der Waals surface area (Å²) < 4.78 is 0. The van der Waals surface area contributed by atoms with Crippen LogP contribution in [-0.4, -0.2) is 27.0 Å².